The topological polar surface area (TPSA) is 54.9 Å². The van der Waals surface area contributed by atoms with E-state index < -0.39 is 0 Å². The summed E-state index contributed by atoms with van der Waals surface area (Å²) < 4.78 is 0. The second-order valence-electron chi connectivity index (χ2n) is 5.80. The van der Waals surface area contributed by atoms with Crippen molar-refractivity contribution in [3.05, 3.63) is 46.3 Å². The number of nitrogens with zero attached hydrogens (tertiary/aromatic N) is 2. The minimum atomic E-state index is -0.0184. The summed E-state index contributed by atoms with van der Waals surface area (Å²) in [4.78, 5) is 21.3. The van der Waals surface area contributed by atoms with Crippen LogP contribution in [0.4, 0.5) is 5.69 Å². The Labute approximate surface area is 148 Å². The van der Waals surface area contributed by atoms with Gasteiger partial charge in [-0.25, -0.2) is 9.97 Å². The average Bonchev–Trinajstić information content (AvgIpc) is 2.57. The molecule has 0 saturated carbocycles. The van der Waals surface area contributed by atoms with Gasteiger partial charge in [0.25, 0.3) is 0 Å². The van der Waals surface area contributed by atoms with E-state index >= 15 is 0 Å². The third-order valence-electron chi connectivity index (χ3n) is 4.21. The van der Waals surface area contributed by atoms with E-state index in [0.29, 0.717) is 10.9 Å². The van der Waals surface area contributed by atoms with Gasteiger partial charge in [-0.3, -0.25) is 4.79 Å². The van der Waals surface area contributed by atoms with Crippen molar-refractivity contribution in [2.24, 2.45) is 0 Å². The standard InChI is InChI=1S/C19H25N3OS/c1-6-15-9-8-10-16(7-2)18(15)22-17(23)11-24-19-20-13(4)12(3)14(5)21-19/h8-10H,6-7,11H2,1-5H3,(H,22,23). The van der Waals surface area contributed by atoms with Crippen LogP contribution in [-0.4, -0.2) is 21.6 Å². The van der Waals surface area contributed by atoms with Crippen LogP contribution in [0.5, 0.6) is 0 Å². The second kappa shape index (κ2) is 8.29. The van der Waals surface area contributed by atoms with Crippen LogP contribution in [0, 0.1) is 20.8 Å². The van der Waals surface area contributed by atoms with Crippen molar-refractivity contribution in [2.45, 2.75) is 52.6 Å². The van der Waals surface area contributed by atoms with E-state index in [0.717, 1.165) is 35.5 Å². The van der Waals surface area contributed by atoms with Crippen LogP contribution in [0.2, 0.25) is 0 Å². The lowest BCUT2D eigenvalue weighted by Gasteiger charge is -2.14. The van der Waals surface area contributed by atoms with Gasteiger partial charge in [-0.15, -0.1) is 0 Å². The lowest BCUT2D eigenvalue weighted by molar-refractivity contribution is -0.113. The summed E-state index contributed by atoms with van der Waals surface area (Å²) in [6.07, 6.45) is 1.80. The van der Waals surface area contributed by atoms with Crippen LogP contribution in [0.3, 0.4) is 0 Å². The number of para-hydroxylation sites is 1. The lowest BCUT2D eigenvalue weighted by Crippen LogP contribution is -2.17. The van der Waals surface area contributed by atoms with Crippen LogP contribution < -0.4 is 5.32 Å². The van der Waals surface area contributed by atoms with E-state index in [-0.39, 0.29) is 5.91 Å². The molecule has 1 N–H and O–H groups in total. The molecule has 0 saturated heterocycles. The largest absolute Gasteiger partial charge is 0.325 e. The van der Waals surface area contributed by atoms with Crippen LogP contribution in [-0.2, 0) is 17.6 Å². The highest BCUT2D eigenvalue weighted by Gasteiger charge is 2.12. The molecule has 0 aliphatic rings. The molecule has 0 bridgehead atoms. The minimum absolute atomic E-state index is 0.0184. The Kier molecular flexibility index (Phi) is 6.37. The predicted molar refractivity (Wildman–Crippen MR) is 101 cm³/mol. The Morgan fingerprint density at radius 2 is 1.58 bits per heavy atom. The molecule has 0 atom stereocenters. The number of amides is 1. The van der Waals surface area contributed by atoms with E-state index in [2.05, 4.69) is 41.3 Å². The summed E-state index contributed by atoms with van der Waals surface area (Å²) in [6, 6.07) is 6.18. The van der Waals surface area contributed by atoms with E-state index in [9.17, 15) is 4.79 Å². The average molecular weight is 343 g/mol. The molecule has 1 aromatic carbocycles. The highest BCUT2D eigenvalue weighted by molar-refractivity contribution is 7.99. The van der Waals surface area contributed by atoms with E-state index in [4.69, 9.17) is 0 Å². The van der Waals surface area contributed by atoms with E-state index in [1.807, 2.05) is 26.8 Å². The zero-order valence-corrected chi connectivity index (χ0v) is 15.9. The highest BCUT2D eigenvalue weighted by Crippen LogP contribution is 2.23. The number of aromatic nitrogens is 2. The molecule has 2 aromatic rings. The molecule has 0 unspecified atom stereocenters. The van der Waals surface area contributed by atoms with Crippen molar-refractivity contribution < 1.29 is 4.79 Å². The third-order valence-corrected chi connectivity index (χ3v) is 5.06. The van der Waals surface area contributed by atoms with Gasteiger partial charge in [0, 0.05) is 17.1 Å². The zero-order valence-electron chi connectivity index (χ0n) is 15.1. The van der Waals surface area contributed by atoms with Crippen LogP contribution in [0.15, 0.2) is 23.4 Å². The molecule has 0 fully saturated rings. The van der Waals surface area contributed by atoms with Crippen LogP contribution in [0.1, 0.15) is 41.9 Å². The molecule has 5 heteroatoms. The number of thioether (sulfide) groups is 1. The molecule has 1 amide bonds. The van der Waals surface area contributed by atoms with Gasteiger partial charge in [0.1, 0.15) is 0 Å². The smallest absolute Gasteiger partial charge is 0.234 e. The maximum atomic E-state index is 12.4. The van der Waals surface area contributed by atoms with Crippen molar-refractivity contribution in [3.8, 4) is 0 Å². The molecule has 4 nitrogen and oxygen atoms in total. The summed E-state index contributed by atoms with van der Waals surface area (Å²) in [5.41, 5.74) is 6.35. The summed E-state index contributed by atoms with van der Waals surface area (Å²) in [5.74, 6) is 0.290. The molecule has 0 aliphatic heterocycles. The Morgan fingerprint density at radius 1 is 1.04 bits per heavy atom. The maximum absolute atomic E-state index is 12.4. The van der Waals surface area contributed by atoms with Gasteiger partial charge in [0.05, 0.1) is 5.75 Å². The summed E-state index contributed by atoms with van der Waals surface area (Å²) in [7, 11) is 0. The van der Waals surface area contributed by atoms with Crippen molar-refractivity contribution in [1.82, 2.24) is 9.97 Å². The Hall–Kier alpha value is -1.88. The van der Waals surface area contributed by atoms with Gasteiger partial charge in [0.2, 0.25) is 5.91 Å². The highest BCUT2D eigenvalue weighted by atomic mass is 32.2. The molecule has 0 spiro atoms. The first-order chi connectivity index (χ1) is 11.5. The first-order valence-electron chi connectivity index (χ1n) is 8.31. The Morgan fingerprint density at radius 3 is 2.08 bits per heavy atom. The number of carbonyl (C=O) groups excluding carboxylic acids is 1. The van der Waals surface area contributed by atoms with E-state index in [1.54, 1.807) is 0 Å². The van der Waals surface area contributed by atoms with Crippen molar-refractivity contribution in [3.63, 3.8) is 0 Å². The number of nitrogens with one attached hydrogen (secondary N) is 1. The summed E-state index contributed by atoms with van der Waals surface area (Å²) in [5, 5.41) is 3.73. The number of anilines is 1. The number of benzene rings is 1. The van der Waals surface area contributed by atoms with Crippen LogP contribution >= 0.6 is 11.8 Å². The maximum Gasteiger partial charge on any atom is 0.234 e. The molecule has 2 rings (SSSR count). The third kappa shape index (κ3) is 4.35. The van der Waals surface area contributed by atoms with Gasteiger partial charge >= 0.3 is 0 Å². The van der Waals surface area contributed by atoms with Crippen LogP contribution in [0.25, 0.3) is 0 Å². The zero-order chi connectivity index (χ0) is 17.7. The summed E-state index contributed by atoms with van der Waals surface area (Å²) >= 11 is 1.38. The lowest BCUT2D eigenvalue weighted by atomic mass is 10.0. The fraction of sp³-hybridized carbons (Fsp3) is 0.421. The molecule has 24 heavy (non-hydrogen) atoms. The fourth-order valence-corrected chi connectivity index (χ4v) is 3.25. The monoisotopic (exact) mass is 343 g/mol. The Balaban J connectivity index is 2.07. The van der Waals surface area contributed by atoms with Crippen molar-refractivity contribution >= 4 is 23.4 Å². The molecule has 0 aliphatic carbocycles. The van der Waals surface area contributed by atoms with Gasteiger partial charge in [-0.1, -0.05) is 43.8 Å². The van der Waals surface area contributed by atoms with E-state index in [1.165, 1.54) is 22.9 Å². The molecular weight excluding hydrogens is 318 g/mol. The number of hydrogen-bond donors (Lipinski definition) is 1. The Bertz CT molecular complexity index is 698. The number of hydrogen-bond acceptors (Lipinski definition) is 4. The predicted octanol–water partition coefficient (Wildman–Crippen LogP) is 4.26. The van der Waals surface area contributed by atoms with Gasteiger partial charge in [0.15, 0.2) is 5.16 Å². The number of aryl methyl sites for hydroxylation is 4. The quantitative estimate of drug-likeness (QED) is 0.629. The SMILES string of the molecule is CCc1cccc(CC)c1NC(=O)CSc1nc(C)c(C)c(C)n1. The molecular formula is C19H25N3OS. The van der Waals surface area contributed by atoms with Gasteiger partial charge in [-0.2, -0.15) is 0 Å². The molecule has 128 valence electrons. The van der Waals surface area contributed by atoms with Crippen molar-refractivity contribution in [2.75, 3.05) is 11.1 Å². The minimum Gasteiger partial charge on any atom is -0.325 e. The van der Waals surface area contributed by atoms with Gasteiger partial charge in [-0.05, 0) is 50.3 Å². The number of rotatable bonds is 6. The first-order valence-corrected chi connectivity index (χ1v) is 9.30. The molecule has 1 heterocycles. The van der Waals surface area contributed by atoms with Crippen molar-refractivity contribution in [1.29, 1.82) is 0 Å². The first kappa shape index (κ1) is 18.5. The number of carbonyl (C=O) groups is 1. The fourth-order valence-electron chi connectivity index (χ4n) is 2.51. The van der Waals surface area contributed by atoms with Gasteiger partial charge < -0.3 is 5.32 Å². The second-order valence-corrected chi connectivity index (χ2v) is 6.74. The normalized spacial score (nSPS) is 10.7. The molecule has 1 aromatic heterocycles. The molecule has 0 radical (unpaired) electrons. The summed E-state index contributed by atoms with van der Waals surface area (Å²) in [6.45, 7) is 10.2.